The SMILES string of the molecule is O=C(O)C1CN(C(=O)CCC(=O)N2CCc3sccc3C2)CCO1. The van der Waals surface area contributed by atoms with Crippen LogP contribution in [-0.2, 0) is 32.1 Å². The molecule has 1 aromatic rings. The number of hydrogen-bond donors (Lipinski definition) is 1. The number of amides is 2. The fourth-order valence-electron chi connectivity index (χ4n) is 3.02. The van der Waals surface area contributed by atoms with E-state index in [-0.39, 0.29) is 37.8 Å². The average Bonchev–Trinajstić information content (AvgIpc) is 3.07. The van der Waals surface area contributed by atoms with E-state index >= 15 is 0 Å². The molecule has 24 heavy (non-hydrogen) atoms. The van der Waals surface area contributed by atoms with Gasteiger partial charge >= 0.3 is 5.97 Å². The van der Waals surface area contributed by atoms with Gasteiger partial charge in [0.15, 0.2) is 6.10 Å². The van der Waals surface area contributed by atoms with Crippen LogP contribution in [0.1, 0.15) is 23.3 Å². The third-order valence-electron chi connectivity index (χ3n) is 4.41. The summed E-state index contributed by atoms with van der Waals surface area (Å²) in [6.45, 7) is 1.94. The summed E-state index contributed by atoms with van der Waals surface area (Å²) in [5.41, 5.74) is 1.20. The maximum Gasteiger partial charge on any atom is 0.334 e. The Kier molecular flexibility index (Phi) is 5.15. The first-order valence-electron chi connectivity index (χ1n) is 8.00. The summed E-state index contributed by atoms with van der Waals surface area (Å²) >= 11 is 1.72. The zero-order valence-corrected chi connectivity index (χ0v) is 14.1. The summed E-state index contributed by atoms with van der Waals surface area (Å²) in [5.74, 6) is -1.28. The van der Waals surface area contributed by atoms with Crippen molar-refractivity contribution in [2.24, 2.45) is 0 Å². The Balaban J connectivity index is 1.48. The Morgan fingerprint density at radius 2 is 1.96 bits per heavy atom. The van der Waals surface area contributed by atoms with Crippen molar-refractivity contribution in [1.29, 1.82) is 0 Å². The number of hydrogen-bond acceptors (Lipinski definition) is 5. The predicted molar refractivity (Wildman–Crippen MR) is 86.6 cm³/mol. The number of carboxylic acid groups (broad SMARTS) is 1. The smallest absolute Gasteiger partial charge is 0.334 e. The predicted octanol–water partition coefficient (Wildman–Crippen LogP) is 0.725. The van der Waals surface area contributed by atoms with E-state index in [0.717, 1.165) is 6.42 Å². The maximum atomic E-state index is 12.3. The van der Waals surface area contributed by atoms with Crippen LogP contribution in [0.5, 0.6) is 0 Å². The highest BCUT2D eigenvalue weighted by molar-refractivity contribution is 7.10. The van der Waals surface area contributed by atoms with Gasteiger partial charge in [0, 0.05) is 37.4 Å². The van der Waals surface area contributed by atoms with Gasteiger partial charge in [0.05, 0.1) is 13.2 Å². The van der Waals surface area contributed by atoms with Crippen LogP contribution in [0.25, 0.3) is 0 Å². The second-order valence-electron chi connectivity index (χ2n) is 5.97. The standard InChI is InChI=1S/C16H20N2O5S/c19-14(17-5-3-13-11(9-17)4-8-24-13)1-2-15(20)18-6-7-23-12(10-18)16(21)22/h4,8,12H,1-3,5-7,9-10H2,(H,21,22). The molecule has 1 atom stereocenters. The van der Waals surface area contributed by atoms with E-state index in [4.69, 9.17) is 9.84 Å². The largest absolute Gasteiger partial charge is 0.479 e. The molecule has 1 aromatic heterocycles. The molecule has 2 amide bonds. The number of fused-ring (bicyclic) bond motifs is 1. The minimum absolute atomic E-state index is 0.0248. The normalized spacial score (nSPS) is 20.6. The lowest BCUT2D eigenvalue weighted by Crippen LogP contribution is -2.48. The Morgan fingerprint density at radius 3 is 2.71 bits per heavy atom. The Labute approximate surface area is 143 Å². The number of aliphatic carboxylic acids is 1. The van der Waals surface area contributed by atoms with E-state index in [1.165, 1.54) is 15.3 Å². The van der Waals surface area contributed by atoms with Crippen molar-refractivity contribution < 1.29 is 24.2 Å². The van der Waals surface area contributed by atoms with Gasteiger partial charge in [0.1, 0.15) is 0 Å². The van der Waals surface area contributed by atoms with E-state index in [1.54, 1.807) is 16.2 Å². The molecule has 3 rings (SSSR count). The van der Waals surface area contributed by atoms with Gasteiger partial charge in [-0.25, -0.2) is 4.79 Å². The molecule has 0 spiro atoms. The van der Waals surface area contributed by atoms with Crippen LogP contribution in [0.15, 0.2) is 11.4 Å². The number of carboxylic acids is 1. The second-order valence-corrected chi connectivity index (χ2v) is 6.97. The van der Waals surface area contributed by atoms with E-state index < -0.39 is 12.1 Å². The highest BCUT2D eigenvalue weighted by Gasteiger charge is 2.29. The van der Waals surface area contributed by atoms with Gasteiger partial charge < -0.3 is 19.6 Å². The lowest BCUT2D eigenvalue weighted by Gasteiger charge is -2.31. The Bertz CT molecular complexity index is 644. The fraction of sp³-hybridized carbons (Fsp3) is 0.562. The molecule has 7 nitrogen and oxygen atoms in total. The van der Waals surface area contributed by atoms with E-state index in [9.17, 15) is 14.4 Å². The van der Waals surface area contributed by atoms with Crippen LogP contribution in [-0.4, -0.2) is 65.0 Å². The number of morpholine rings is 1. The fourth-order valence-corrected chi connectivity index (χ4v) is 3.91. The lowest BCUT2D eigenvalue weighted by molar-refractivity contribution is -0.159. The molecule has 130 valence electrons. The second kappa shape index (κ2) is 7.31. The summed E-state index contributed by atoms with van der Waals surface area (Å²) in [4.78, 5) is 40.1. The van der Waals surface area contributed by atoms with Crippen molar-refractivity contribution in [2.45, 2.75) is 31.9 Å². The van der Waals surface area contributed by atoms with Crippen LogP contribution >= 0.6 is 11.3 Å². The summed E-state index contributed by atoms with van der Waals surface area (Å²) < 4.78 is 5.10. The number of ether oxygens (including phenoxy) is 1. The zero-order chi connectivity index (χ0) is 17.1. The van der Waals surface area contributed by atoms with Crippen molar-refractivity contribution in [1.82, 2.24) is 9.80 Å². The first kappa shape index (κ1) is 16.9. The molecular formula is C16H20N2O5S. The first-order valence-corrected chi connectivity index (χ1v) is 8.88. The van der Waals surface area contributed by atoms with Gasteiger partial charge in [-0.05, 0) is 23.4 Å². The van der Waals surface area contributed by atoms with Crippen molar-refractivity contribution in [3.05, 3.63) is 21.9 Å². The molecule has 8 heteroatoms. The summed E-state index contributed by atoms with van der Waals surface area (Å²) in [7, 11) is 0. The van der Waals surface area contributed by atoms with E-state index in [0.29, 0.717) is 19.6 Å². The van der Waals surface area contributed by atoms with Gasteiger partial charge in [-0.2, -0.15) is 0 Å². The molecule has 0 aliphatic carbocycles. The molecule has 0 radical (unpaired) electrons. The topological polar surface area (TPSA) is 87.2 Å². The van der Waals surface area contributed by atoms with Gasteiger partial charge in [-0.15, -0.1) is 11.3 Å². The quantitative estimate of drug-likeness (QED) is 0.863. The molecule has 1 saturated heterocycles. The third-order valence-corrected chi connectivity index (χ3v) is 5.43. The van der Waals surface area contributed by atoms with E-state index in [2.05, 4.69) is 0 Å². The molecule has 1 N–H and O–H groups in total. The summed E-state index contributed by atoms with van der Waals surface area (Å²) in [6, 6.07) is 2.05. The molecule has 2 aliphatic rings. The van der Waals surface area contributed by atoms with Gasteiger partial charge in [-0.1, -0.05) is 0 Å². The van der Waals surface area contributed by atoms with Crippen molar-refractivity contribution in [3.63, 3.8) is 0 Å². The van der Waals surface area contributed by atoms with Gasteiger partial charge in [0.25, 0.3) is 0 Å². The van der Waals surface area contributed by atoms with E-state index in [1.807, 2.05) is 11.4 Å². The zero-order valence-electron chi connectivity index (χ0n) is 13.3. The number of carbonyl (C=O) groups is 3. The van der Waals surface area contributed by atoms with Crippen LogP contribution in [0.2, 0.25) is 0 Å². The van der Waals surface area contributed by atoms with Crippen LogP contribution in [0.3, 0.4) is 0 Å². The monoisotopic (exact) mass is 352 g/mol. The van der Waals surface area contributed by atoms with Crippen LogP contribution in [0, 0.1) is 0 Å². The molecule has 0 bridgehead atoms. The summed E-state index contributed by atoms with van der Waals surface area (Å²) in [6.07, 6.45) is 0.166. The van der Waals surface area contributed by atoms with Crippen LogP contribution < -0.4 is 0 Å². The molecule has 1 fully saturated rings. The molecule has 2 aliphatic heterocycles. The minimum Gasteiger partial charge on any atom is -0.479 e. The molecule has 3 heterocycles. The highest BCUT2D eigenvalue weighted by atomic mass is 32.1. The van der Waals surface area contributed by atoms with Gasteiger partial charge in [-0.3, -0.25) is 9.59 Å². The number of rotatable bonds is 4. The first-order chi connectivity index (χ1) is 11.5. The maximum absolute atomic E-state index is 12.3. The van der Waals surface area contributed by atoms with Gasteiger partial charge in [0.2, 0.25) is 11.8 Å². The average molecular weight is 352 g/mol. The molecular weight excluding hydrogens is 332 g/mol. The molecule has 1 unspecified atom stereocenters. The highest BCUT2D eigenvalue weighted by Crippen LogP contribution is 2.24. The molecule has 0 aromatic carbocycles. The van der Waals surface area contributed by atoms with Crippen molar-refractivity contribution >= 4 is 29.1 Å². The summed E-state index contributed by atoms with van der Waals surface area (Å²) in [5, 5.41) is 11.0. The lowest BCUT2D eigenvalue weighted by atomic mass is 10.1. The Morgan fingerprint density at radius 1 is 1.21 bits per heavy atom. The minimum atomic E-state index is -1.07. The molecule has 0 saturated carbocycles. The van der Waals surface area contributed by atoms with Crippen molar-refractivity contribution in [3.8, 4) is 0 Å². The van der Waals surface area contributed by atoms with Crippen LogP contribution in [0.4, 0.5) is 0 Å². The number of nitrogens with zero attached hydrogens (tertiary/aromatic N) is 2. The Hall–Kier alpha value is -1.93. The third kappa shape index (κ3) is 3.76. The number of carbonyl (C=O) groups excluding carboxylic acids is 2. The van der Waals surface area contributed by atoms with Crippen molar-refractivity contribution in [2.75, 3.05) is 26.2 Å². The number of thiophene rings is 1.